The minimum Gasteiger partial charge on any atom is -0.292 e. The van der Waals surface area contributed by atoms with Crippen LogP contribution < -0.4 is 0 Å². The van der Waals surface area contributed by atoms with Gasteiger partial charge in [-0.15, -0.1) is 16.4 Å². The third-order valence-corrected chi connectivity index (χ3v) is 5.86. The number of alkyl halides is 3. The fourth-order valence-corrected chi connectivity index (χ4v) is 4.56. The first-order valence-corrected chi connectivity index (χ1v) is 10.1. The normalized spacial score (nSPS) is 17.0. The van der Waals surface area contributed by atoms with Crippen molar-refractivity contribution in [2.45, 2.75) is 32.0 Å². The number of aryl methyl sites for hydroxylation is 2. The van der Waals surface area contributed by atoms with Crippen LogP contribution in [-0.4, -0.2) is 35.3 Å². The number of hydrogen-bond acceptors (Lipinski definition) is 6. The zero-order chi connectivity index (χ0) is 20.1. The van der Waals surface area contributed by atoms with Crippen LogP contribution in [0.1, 0.15) is 34.8 Å². The number of rotatable bonds is 4. The lowest BCUT2D eigenvalue weighted by Crippen LogP contribution is -2.23. The summed E-state index contributed by atoms with van der Waals surface area (Å²) in [7, 11) is 1.60. The summed E-state index contributed by atoms with van der Waals surface area (Å²) in [6.07, 6.45) is -1.48. The SMILES string of the molecule is Cn1ncc(-c2nc(C(F)(F)F)cs2)c1C(=O)CC1CCn2nc(Br)nc2C1. The predicted octanol–water partition coefficient (Wildman–Crippen LogP) is 3.75. The molecular weight excluding hydrogens is 461 g/mol. The van der Waals surface area contributed by atoms with Crippen molar-refractivity contribution >= 4 is 33.0 Å². The van der Waals surface area contributed by atoms with Gasteiger partial charge in [-0.25, -0.2) is 14.6 Å². The van der Waals surface area contributed by atoms with Crippen LogP contribution in [-0.2, 0) is 26.2 Å². The van der Waals surface area contributed by atoms with Crippen molar-refractivity contribution in [3.63, 3.8) is 0 Å². The maximum Gasteiger partial charge on any atom is 0.434 e. The lowest BCUT2D eigenvalue weighted by molar-refractivity contribution is -0.140. The van der Waals surface area contributed by atoms with Crippen molar-refractivity contribution in [3.8, 4) is 10.6 Å². The molecule has 0 spiro atoms. The highest BCUT2D eigenvalue weighted by molar-refractivity contribution is 9.10. The van der Waals surface area contributed by atoms with E-state index in [4.69, 9.17) is 0 Å². The highest BCUT2D eigenvalue weighted by atomic mass is 79.9. The number of halogens is 4. The van der Waals surface area contributed by atoms with E-state index in [1.54, 1.807) is 7.05 Å². The molecule has 7 nitrogen and oxygen atoms in total. The average molecular weight is 475 g/mol. The van der Waals surface area contributed by atoms with E-state index in [2.05, 4.69) is 36.1 Å². The molecule has 4 heterocycles. The van der Waals surface area contributed by atoms with Gasteiger partial charge in [0.15, 0.2) is 11.5 Å². The number of hydrogen-bond donors (Lipinski definition) is 0. The van der Waals surface area contributed by atoms with E-state index in [1.165, 1.54) is 10.9 Å². The second-order valence-corrected chi connectivity index (χ2v) is 8.14. The maximum absolute atomic E-state index is 13.0. The number of fused-ring (bicyclic) bond motifs is 1. The van der Waals surface area contributed by atoms with Gasteiger partial charge in [-0.05, 0) is 28.3 Å². The molecule has 1 aliphatic rings. The van der Waals surface area contributed by atoms with E-state index in [1.807, 2.05) is 4.68 Å². The average Bonchev–Trinajstić information content (AvgIpc) is 3.30. The summed E-state index contributed by atoms with van der Waals surface area (Å²) in [6, 6.07) is 0. The molecule has 4 rings (SSSR count). The highest BCUT2D eigenvalue weighted by Crippen LogP contribution is 2.35. The summed E-state index contributed by atoms with van der Waals surface area (Å²) in [5.41, 5.74) is -0.363. The molecule has 0 saturated carbocycles. The number of carbonyl (C=O) groups is 1. The van der Waals surface area contributed by atoms with Gasteiger partial charge in [0.2, 0.25) is 4.73 Å². The van der Waals surface area contributed by atoms with E-state index in [-0.39, 0.29) is 28.8 Å². The number of Topliss-reactive ketones (excluding diaryl/α,β-unsaturated/α-hetero) is 1. The minimum absolute atomic E-state index is 0.0841. The van der Waals surface area contributed by atoms with Crippen LogP contribution in [0.4, 0.5) is 13.2 Å². The molecule has 0 aliphatic carbocycles. The molecule has 28 heavy (non-hydrogen) atoms. The molecule has 1 unspecified atom stereocenters. The van der Waals surface area contributed by atoms with Gasteiger partial charge >= 0.3 is 6.18 Å². The predicted molar refractivity (Wildman–Crippen MR) is 97.8 cm³/mol. The van der Waals surface area contributed by atoms with Gasteiger partial charge in [-0.1, -0.05) is 0 Å². The Morgan fingerprint density at radius 1 is 1.39 bits per heavy atom. The first kappa shape index (κ1) is 19.2. The van der Waals surface area contributed by atoms with Crippen LogP contribution >= 0.6 is 27.3 Å². The van der Waals surface area contributed by atoms with Crippen LogP contribution in [0, 0.1) is 5.92 Å². The Hall–Kier alpha value is -2.08. The third-order valence-electron chi connectivity index (χ3n) is 4.64. The Balaban J connectivity index is 1.56. The monoisotopic (exact) mass is 474 g/mol. The van der Waals surface area contributed by atoms with E-state index >= 15 is 0 Å². The lowest BCUT2D eigenvalue weighted by atomic mass is 9.91. The number of thiazole rings is 1. The zero-order valence-electron chi connectivity index (χ0n) is 14.6. The molecule has 3 aromatic rings. The molecule has 0 radical (unpaired) electrons. The van der Waals surface area contributed by atoms with Crippen LogP contribution in [0.15, 0.2) is 16.3 Å². The quantitative estimate of drug-likeness (QED) is 0.538. The van der Waals surface area contributed by atoms with Crippen molar-refractivity contribution in [1.82, 2.24) is 29.5 Å². The third kappa shape index (κ3) is 3.62. The van der Waals surface area contributed by atoms with Gasteiger partial charge in [0.1, 0.15) is 16.5 Å². The number of aromatic nitrogens is 6. The Morgan fingerprint density at radius 2 is 2.18 bits per heavy atom. The number of ketones is 1. The largest absolute Gasteiger partial charge is 0.434 e. The first-order valence-electron chi connectivity index (χ1n) is 8.40. The van der Waals surface area contributed by atoms with E-state index in [9.17, 15) is 18.0 Å². The van der Waals surface area contributed by atoms with Gasteiger partial charge < -0.3 is 0 Å². The van der Waals surface area contributed by atoms with Crippen molar-refractivity contribution < 1.29 is 18.0 Å². The van der Waals surface area contributed by atoms with E-state index in [0.717, 1.165) is 29.0 Å². The van der Waals surface area contributed by atoms with Crippen molar-refractivity contribution in [1.29, 1.82) is 0 Å². The highest BCUT2D eigenvalue weighted by Gasteiger charge is 2.35. The molecule has 12 heteroatoms. The van der Waals surface area contributed by atoms with Crippen molar-refractivity contribution in [2.75, 3.05) is 0 Å². The van der Waals surface area contributed by atoms with Crippen LogP contribution in [0.25, 0.3) is 10.6 Å². The van der Waals surface area contributed by atoms with Crippen LogP contribution in [0.3, 0.4) is 0 Å². The van der Waals surface area contributed by atoms with Gasteiger partial charge in [-0.3, -0.25) is 9.48 Å². The number of carbonyl (C=O) groups excluding carboxylic acids is 1. The molecule has 3 aromatic heterocycles. The van der Waals surface area contributed by atoms with Crippen LogP contribution in [0.5, 0.6) is 0 Å². The first-order chi connectivity index (χ1) is 13.2. The fourth-order valence-electron chi connectivity index (χ4n) is 3.32. The Bertz CT molecular complexity index is 1040. The van der Waals surface area contributed by atoms with Gasteiger partial charge in [0.05, 0.1) is 11.8 Å². The molecule has 1 atom stereocenters. The van der Waals surface area contributed by atoms with Crippen LogP contribution in [0.2, 0.25) is 0 Å². The smallest absolute Gasteiger partial charge is 0.292 e. The van der Waals surface area contributed by atoms with E-state index < -0.39 is 11.9 Å². The zero-order valence-corrected chi connectivity index (χ0v) is 17.0. The number of nitrogens with zero attached hydrogens (tertiary/aromatic N) is 6. The molecule has 148 valence electrons. The maximum atomic E-state index is 13.0. The second kappa shape index (κ2) is 7.07. The lowest BCUT2D eigenvalue weighted by Gasteiger charge is -2.21. The second-order valence-electron chi connectivity index (χ2n) is 6.57. The molecule has 0 aromatic carbocycles. The molecule has 0 saturated heterocycles. The van der Waals surface area contributed by atoms with Gasteiger partial charge in [0, 0.05) is 31.8 Å². The minimum atomic E-state index is -4.52. The summed E-state index contributed by atoms with van der Waals surface area (Å²) in [6.45, 7) is 0.672. The summed E-state index contributed by atoms with van der Waals surface area (Å²) in [5.74, 6) is 0.729. The standard InChI is InChI=1S/C16H14BrF3N6OS/c1-25-13(9(6-21-25)14-22-11(7-28-14)16(18,19)20)10(27)4-8-2-3-26-12(5-8)23-15(17)24-26/h6-8H,2-5H2,1H3. The molecule has 0 fully saturated rings. The molecule has 1 aliphatic heterocycles. The molecule has 0 N–H and O–H groups in total. The Kier molecular flexibility index (Phi) is 4.86. The van der Waals surface area contributed by atoms with Crippen molar-refractivity contribution in [3.05, 3.63) is 33.5 Å². The molecular formula is C16H14BrF3N6OS. The molecule has 0 bridgehead atoms. The Morgan fingerprint density at radius 3 is 2.89 bits per heavy atom. The summed E-state index contributed by atoms with van der Waals surface area (Å²) in [5, 5.41) is 9.38. The fraction of sp³-hybridized carbons (Fsp3) is 0.438. The summed E-state index contributed by atoms with van der Waals surface area (Å²) >= 11 is 4.10. The van der Waals surface area contributed by atoms with Gasteiger partial charge in [-0.2, -0.15) is 18.3 Å². The molecule has 0 amide bonds. The topological polar surface area (TPSA) is 78.5 Å². The summed E-state index contributed by atoms with van der Waals surface area (Å²) < 4.78 is 42.3. The van der Waals surface area contributed by atoms with Gasteiger partial charge in [0.25, 0.3) is 0 Å². The Labute approximate surface area is 169 Å². The van der Waals surface area contributed by atoms with E-state index in [0.29, 0.717) is 23.3 Å². The summed E-state index contributed by atoms with van der Waals surface area (Å²) in [4.78, 5) is 20.9. The van der Waals surface area contributed by atoms with Crippen molar-refractivity contribution in [2.24, 2.45) is 13.0 Å².